The predicted octanol–water partition coefficient (Wildman–Crippen LogP) is 3.37. The number of nitrogens with one attached hydrogen (secondary N) is 1. The van der Waals surface area contributed by atoms with Crippen molar-refractivity contribution in [2.45, 2.75) is 26.7 Å². The van der Waals surface area contributed by atoms with Crippen LogP contribution in [0.1, 0.15) is 24.0 Å². The Kier molecular flexibility index (Phi) is 3.75. The Morgan fingerprint density at radius 3 is 2.68 bits per heavy atom. The third-order valence-corrected chi connectivity index (χ3v) is 3.60. The van der Waals surface area contributed by atoms with E-state index in [-0.39, 0.29) is 23.5 Å². The van der Waals surface area contributed by atoms with Gasteiger partial charge in [0, 0.05) is 12.0 Å². The smallest absolute Gasteiger partial charge is 0.228 e. The number of benzene rings is 1. The second-order valence-electron chi connectivity index (χ2n) is 5.47. The van der Waals surface area contributed by atoms with E-state index in [2.05, 4.69) is 15.3 Å². The van der Waals surface area contributed by atoms with Crippen molar-refractivity contribution in [3.63, 3.8) is 0 Å². The first-order valence-electron chi connectivity index (χ1n) is 7.10. The molecule has 1 aromatic carbocycles. The molecule has 0 saturated heterocycles. The minimum Gasteiger partial charge on any atom is -0.436 e. The van der Waals surface area contributed by atoms with E-state index in [0.29, 0.717) is 5.82 Å². The summed E-state index contributed by atoms with van der Waals surface area (Å²) in [7, 11) is 0. The van der Waals surface area contributed by atoms with E-state index in [1.54, 1.807) is 6.07 Å². The molecule has 1 amide bonds. The van der Waals surface area contributed by atoms with Crippen molar-refractivity contribution in [3.8, 4) is 11.6 Å². The summed E-state index contributed by atoms with van der Waals surface area (Å²) in [6.45, 7) is 3.71. The van der Waals surface area contributed by atoms with Crippen LogP contribution >= 0.6 is 0 Å². The monoisotopic (exact) mass is 301 g/mol. The summed E-state index contributed by atoms with van der Waals surface area (Å²) in [6, 6.07) is 4.52. The molecular weight excluding hydrogens is 285 g/mol. The fourth-order valence-corrected chi connectivity index (χ4v) is 1.98. The second kappa shape index (κ2) is 5.71. The highest BCUT2D eigenvalue weighted by molar-refractivity contribution is 5.93. The molecule has 0 spiro atoms. The first-order chi connectivity index (χ1) is 10.5. The Morgan fingerprint density at radius 2 is 1.95 bits per heavy atom. The van der Waals surface area contributed by atoms with Crippen LogP contribution in [0, 0.1) is 25.6 Å². The summed E-state index contributed by atoms with van der Waals surface area (Å²) < 4.78 is 19.4. The van der Waals surface area contributed by atoms with E-state index in [1.807, 2.05) is 13.8 Å². The average molecular weight is 301 g/mol. The van der Waals surface area contributed by atoms with Gasteiger partial charge in [-0.2, -0.15) is 0 Å². The number of halogens is 1. The highest BCUT2D eigenvalue weighted by Crippen LogP contribution is 2.30. The van der Waals surface area contributed by atoms with Gasteiger partial charge in [0.1, 0.15) is 12.1 Å². The maximum absolute atomic E-state index is 13.9. The number of carbonyl (C=O) groups is 1. The number of aryl methyl sites for hydroxylation is 2. The highest BCUT2D eigenvalue weighted by Gasteiger charge is 2.29. The molecule has 1 fully saturated rings. The zero-order valence-corrected chi connectivity index (χ0v) is 12.4. The lowest BCUT2D eigenvalue weighted by atomic mass is 10.1. The lowest BCUT2D eigenvalue weighted by molar-refractivity contribution is -0.117. The Labute approximate surface area is 127 Å². The van der Waals surface area contributed by atoms with E-state index in [1.165, 1.54) is 18.5 Å². The van der Waals surface area contributed by atoms with Crippen molar-refractivity contribution in [2.24, 2.45) is 5.92 Å². The molecule has 1 N–H and O–H groups in total. The largest absolute Gasteiger partial charge is 0.436 e. The summed E-state index contributed by atoms with van der Waals surface area (Å²) in [5.41, 5.74) is 1.78. The molecule has 0 aliphatic heterocycles. The molecule has 0 radical (unpaired) electrons. The Morgan fingerprint density at radius 1 is 1.23 bits per heavy atom. The fraction of sp³-hybridized carbons (Fsp3) is 0.312. The van der Waals surface area contributed by atoms with Crippen LogP contribution in [0.15, 0.2) is 24.5 Å². The number of amides is 1. The number of ether oxygens (including phenoxy) is 1. The van der Waals surface area contributed by atoms with Gasteiger partial charge in [0.15, 0.2) is 11.6 Å². The van der Waals surface area contributed by atoms with Crippen LogP contribution in [0.2, 0.25) is 0 Å². The van der Waals surface area contributed by atoms with Crippen molar-refractivity contribution >= 4 is 11.7 Å². The third kappa shape index (κ3) is 3.21. The topological polar surface area (TPSA) is 64.1 Å². The van der Waals surface area contributed by atoms with Crippen LogP contribution in [0.25, 0.3) is 0 Å². The van der Waals surface area contributed by atoms with Crippen LogP contribution in [-0.2, 0) is 4.79 Å². The Hall–Kier alpha value is -2.50. The SMILES string of the molecule is Cc1cc(F)c(Oc2cc(NC(=O)C3CC3)ncn2)cc1C. The average Bonchev–Trinajstić information content (AvgIpc) is 3.30. The van der Waals surface area contributed by atoms with Crippen molar-refractivity contribution < 1.29 is 13.9 Å². The summed E-state index contributed by atoms with van der Waals surface area (Å²) in [4.78, 5) is 19.6. The number of nitrogens with zero attached hydrogens (tertiary/aromatic N) is 2. The first kappa shape index (κ1) is 14.4. The Balaban J connectivity index is 1.77. The van der Waals surface area contributed by atoms with E-state index in [4.69, 9.17) is 4.74 Å². The first-order valence-corrected chi connectivity index (χ1v) is 7.10. The van der Waals surface area contributed by atoms with Gasteiger partial charge in [0.2, 0.25) is 11.8 Å². The van der Waals surface area contributed by atoms with Gasteiger partial charge in [-0.1, -0.05) is 0 Å². The summed E-state index contributed by atoms with van der Waals surface area (Å²) >= 11 is 0. The lowest BCUT2D eigenvalue weighted by Crippen LogP contribution is -2.14. The van der Waals surface area contributed by atoms with Crippen molar-refractivity contribution in [2.75, 3.05) is 5.32 Å². The van der Waals surface area contributed by atoms with Gasteiger partial charge in [-0.25, -0.2) is 14.4 Å². The van der Waals surface area contributed by atoms with E-state index >= 15 is 0 Å². The van der Waals surface area contributed by atoms with Crippen molar-refractivity contribution in [1.29, 1.82) is 0 Å². The van der Waals surface area contributed by atoms with E-state index in [0.717, 1.165) is 24.0 Å². The molecule has 1 aromatic heterocycles. The molecule has 1 aliphatic rings. The molecule has 0 unspecified atom stereocenters. The number of hydrogen-bond donors (Lipinski definition) is 1. The molecule has 3 rings (SSSR count). The minimum absolute atomic E-state index is 0.0537. The molecular formula is C16H16FN3O2. The highest BCUT2D eigenvalue weighted by atomic mass is 19.1. The number of aromatic nitrogens is 2. The van der Waals surface area contributed by atoms with Crippen molar-refractivity contribution in [1.82, 2.24) is 9.97 Å². The van der Waals surface area contributed by atoms with Gasteiger partial charge in [-0.3, -0.25) is 4.79 Å². The molecule has 2 aromatic rings. The summed E-state index contributed by atoms with van der Waals surface area (Å²) in [5.74, 6) is 0.208. The van der Waals surface area contributed by atoms with E-state index < -0.39 is 5.82 Å². The van der Waals surface area contributed by atoms with Gasteiger partial charge in [0.05, 0.1) is 0 Å². The van der Waals surface area contributed by atoms with Crippen LogP contribution < -0.4 is 10.1 Å². The normalized spacial score (nSPS) is 13.8. The molecule has 1 aliphatic carbocycles. The molecule has 1 heterocycles. The number of carbonyl (C=O) groups excluding carboxylic acids is 1. The maximum atomic E-state index is 13.9. The standard InChI is InChI=1S/C16H16FN3O2/c1-9-5-12(17)13(6-10(9)2)22-15-7-14(18-8-19-15)20-16(21)11-3-4-11/h5-8,11H,3-4H2,1-2H3,(H,18,19,20,21). The predicted molar refractivity (Wildman–Crippen MR) is 79.3 cm³/mol. The second-order valence-corrected chi connectivity index (χ2v) is 5.47. The number of hydrogen-bond acceptors (Lipinski definition) is 4. The fourth-order valence-electron chi connectivity index (χ4n) is 1.98. The Bertz CT molecular complexity index is 729. The minimum atomic E-state index is -0.453. The molecule has 5 nitrogen and oxygen atoms in total. The van der Waals surface area contributed by atoms with Gasteiger partial charge in [-0.15, -0.1) is 0 Å². The molecule has 114 valence electrons. The van der Waals surface area contributed by atoms with E-state index in [9.17, 15) is 9.18 Å². The zero-order valence-electron chi connectivity index (χ0n) is 12.4. The van der Waals surface area contributed by atoms with Gasteiger partial charge in [0.25, 0.3) is 0 Å². The number of rotatable bonds is 4. The van der Waals surface area contributed by atoms with Crippen molar-refractivity contribution in [3.05, 3.63) is 41.5 Å². The third-order valence-electron chi connectivity index (χ3n) is 3.60. The van der Waals surface area contributed by atoms with Gasteiger partial charge < -0.3 is 10.1 Å². The quantitative estimate of drug-likeness (QED) is 0.940. The molecule has 22 heavy (non-hydrogen) atoms. The zero-order chi connectivity index (χ0) is 15.7. The summed E-state index contributed by atoms with van der Waals surface area (Å²) in [6.07, 6.45) is 3.10. The molecule has 6 heteroatoms. The summed E-state index contributed by atoms with van der Waals surface area (Å²) in [5, 5.41) is 2.70. The van der Waals surface area contributed by atoms with Crippen LogP contribution in [0.4, 0.5) is 10.2 Å². The molecule has 1 saturated carbocycles. The number of anilines is 1. The van der Waals surface area contributed by atoms with Crippen LogP contribution in [-0.4, -0.2) is 15.9 Å². The molecule has 0 bridgehead atoms. The van der Waals surface area contributed by atoms with Gasteiger partial charge in [-0.05, 0) is 49.9 Å². The lowest BCUT2D eigenvalue weighted by Gasteiger charge is -2.09. The van der Waals surface area contributed by atoms with Crippen LogP contribution in [0.3, 0.4) is 0 Å². The van der Waals surface area contributed by atoms with Gasteiger partial charge >= 0.3 is 0 Å². The van der Waals surface area contributed by atoms with Crippen LogP contribution in [0.5, 0.6) is 11.6 Å². The molecule has 0 atom stereocenters. The maximum Gasteiger partial charge on any atom is 0.228 e.